The van der Waals surface area contributed by atoms with Gasteiger partial charge in [0.25, 0.3) is 0 Å². The second-order valence-electron chi connectivity index (χ2n) is 6.52. The molecule has 4 nitrogen and oxygen atoms in total. The van der Waals surface area contributed by atoms with Crippen molar-refractivity contribution in [3.05, 3.63) is 0 Å². The Hall–Kier alpha value is -0.980. The fourth-order valence-corrected chi connectivity index (χ4v) is 2.26. The number of hydrogen-bond donors (Lipinski definition) is 1. The predicted octanol–water partition coefficient (Wildman–Crippen LogP) is 2.65. The number of likely N-dealkylation sites (tertiary alicyclic amines) is 1. The molecule has 0 aromatic rings. The molecule has 0 radical (unpaired) electrons. The number of halogens is 3. The van der Waals surface area contributed by atoms with E-state index in [4.69, 9.17) is 0 Å². The normalized spacial score (nSPS) is 21.1. The standard InChI is InChI=1S/C14H26F3N3O/c1-12(2)9-20(13(12,3)4)11(18-5)19-7-6-8-21-10-14(15,16)17/h6-10H2,1-5H3,(H,18,19). The Morgan fingerprint density at radius 2 is 1.90 bits per heavy atom. The lowest BCUT2D eigenvalue weighted by Crippen LogP contribution is -2.72. The summed E-state index contributed by atoms with van der Waals surface area (Å²) < 4.78 is 40.3. The predicted molar refractivity (Wildman–Crippen MR) is 77.4 cm³/mol. The molecule has 0 amide bonds. The third-order valence-electron chi connectivity index (χ3n) is 4.37. The van der Waals surface area contributed by atoms with Gasteiger partial charge in [-0.2, -0.15) is 13.2 Å². The summed E-state index contributed by atoms with van der Waals surface area (Å²) in [6.07, 6.45) is -3.75. The molecule has 0 spiro atoms. The molecule has 1 fully saturated rings. The molecule has 0 bridgehead atoms. The van der Waals surface area contributed by atoms with E-state index < -0.39 is 12.8 Å². The van der Waals surface area contributed by atoms with Gasteiger partial charge in [-0.15, -0.1) is 0 Å². The van der Waals surface area contributed by atoms with E-state index in [2.05, 4.69) is 47.6 Å². The molecule has 0 aromatic carbocycles. The van der Waals surface area contributed by atoms with Gasteiger partial charge in [0.15, 0.2) is 5.96 Å². The van der Waals surface area contributed by atoms with Gasteiger partial charge in [0, 0.05) is 37.7 Å². The average molecular weight is 309 g/mol. The Kier molecular flexibility index (Phi) is 5.52. The van der Waals surface area contributed by atoms with Gasteiger partial charge in [-0.3, -0.25) is 4.99 Å². The summed E-state index contributed by atoms with van der Waals surface area (Å²) in [4.78, 5) is 6.42. The van der Waals surface area contributed by atoms with Gasteiger partial charge in [0.05, 0.1) is 0 Å². The zero-order valence-electron chi connectivity index (χ0n) is 13.5. The number of ether oxygens (including phenoxy) is 1. The van der Waals surface area contributed by atoms with Crippen molar-refractivity contribution in [2.75, 3.05) is 33.4 Å². The van der Waals surface area contributed by atoms with Gasteiger partial charge in [-0.05, 0) is 20.3 Å². The van der Waals surface area contributed by atoms with Crippen LogP contribution in [0.5, 0.6) is 0 Å². The minimum Gasteiger partial charge on any atom is -0.372 e. The van der Waals surface area contributed by atoms with Crippen molar-refractivity contribution in [2.24, 2.45) is 10.4 Å². The van der Waals surface area contributed by atoms with E-state index in [9.17, 15) is 13.2 Å². The van der Waals surface area contributed by atoms with Crippen LogP contribution in [0.25, 0.3) is 0 Å². The summed E-state index contributed by atoms with van der Waals surface area (Å²) in [6, 6.07) is 0. The van der Waals surface area contributed by atoms with Gasteiger partial charge in [-0.1, -0.05) is 13.8 Å². The lowest BCUT2D eigenvalue weighted by atomic mass is 9.65. The number of alkyl halides is 3. The van der Waals surface area contributed by atoms with Crippen LogP contribution >= 0.6 is 0 Å². The molecule has 1 aliphatic rings. The highest BCUT2D eigenvalue weighted by Crippen LogP contribution is 2.46. The third-order valence-corrected chi connectivity index (χ3v) is 4.37. The number of nitrogens with zero attached hydrogens (tertiary/aromatic N) is 2. The van der Waals surface area contributed by atoms with Crippen LogP contribution < -0.4 is 5.32 Å². The molecule has 1 rings (SSSR count). The Morgan fingerprint density at radius 1 is 1.29 bits per heavy atom. The number of nitrogens with one attached hydrogen (secondary N) is 1. The number of aliphatic imine (C=N–C) groups is 1. The average Bonchev–Trinajstić information content (AvgIpc) is 2.34. The molecule has 7 heteroatoms. The summed E-state index contributed by atoms with van der Waals surface area (Å²) in [6.45, 7) is 9.09. The number of guanidine groups is 1. The Balaban J connectivity index is 2.28. The molecule has 0 aliphatic carbocycles. The first kappa shape index (κ1) is 18.1. The van der Waals surface area contributed by atoms with Crippen molar-refractivity contribution in [1.29, 1.82) is 0 Å². The summed E-state index contributed by atoms with van der Waals surface area (Å²) in [5.41, 5.74) is 0.210. The van der Waals surface area contributed by atoms with E-state index in [0.717, 1.165) is 12.5 Å². The molecular weight excluding hydrogens is 283 g/mol. The molecule has 124 valence electrons. The molecule has 1 heterocycles. The molecule has 1 N–H and O–H groups in total. The fraction of sp³-hybridized carbons (Fsp3) is 0.929. The molecule has 0 unspecified atom stereocenters. The molecule has 21 heavy (non-hydrogen) atoms. The maximum Gasteiger partial charge on any atom is 0.411 e. The van der Waals surface area contributed by atoms with Crippen molar-refractivity contribution >= 4 is 5.96 Å². The maximum absolute atomic E-state index is 11.9. The van der Waals surface area contributed by atoms with Crippen molar-refractivity contribution in [3.8, 4) is 0 Å². The van der Waals surface area contributed by atoms with Crippen molar-refractivity contribution in [3.63, 3.8) is 0 Å². The first-order chi connectivity index (χ1) is 9.51. The summed E-state index contributed by atoms with van der Waals surface area (Å²) in [5, 5.41) is 3.18. The highest BCUT2D eigenvalue weighted by molar-refractivity contribution is 5.81. The van der Waals surface area contributed by atoms with Gasteiger partial charge in [0.2, 0.25) is 0 Å². The second kappa shape index (κ2) is 6.42. The van der Waals surface area contributed by atoms with E-state index in [-0.39, 0.29) is 17.6 Å². The minimum atomic E-state index is -4.25. The molecule has 1 aliphatic heterocycles. The summed E-state index contributed by atoms with van der Waals surface area (Å²) in [5.74, 6) is 0.787. The molecule has 0 atom stereocenters. The van der Waals surface area contributed by atoms with Crippen LogP contribution in [-0.2, 0) is 4.74 Å². The molecule has 0 aromatic heterocycles. The monoisotopic (exact) mass is 309 g/mol. The van der Waals surface area contributed by atoms with Crippen LogP contribution in [0, 0.1) is 5.41 Å². The zero-order valence-corrected chi connectivity index (χ0v) is 13.5. The minimum absolute atomic E-state index is 0.00161. The van der Waals surface area contributed by atoms with Crippen LogP contribution in [-0.4, -0.2) is 55.9 Å². The van der Waals surface area contributed by atoms with E-state index >= 15 is 0 Å². The highest BCUT2D eigenvalue weighted by atomic mass is 19.4. The lowest BCUT2D eigenvalue weighted by molar-refractivity contribution is -0.173. The highest BCUT2D eigenvalue weighted by Gasteiger charge is 2.53. The first-order valence-corrected chi connectivity index (χ1v) is 7.14. The Labute approximate surface area is 124 Å². The Morgan fingerprint density at radius 3 is 2.33 bits per heavy atom. The van der Waals surface area contributed by atoms with E-state index in [1.54, 1.807) is 7.05 Å². The smallest absolute Gasteiger partial charge is 0.372 e. The van der Waals surface area contributed by atoms with Gasteiger partial charge in [0.1, 0.15) is 6.61 Å². The number of rotatable bonds is 5. The van der Waals surface area contributed by atoms with Crippen molar-refractivity contribution in [1.82, 2.24) is 10.2 Å². The molecular formula is C14H26F3N3O. The molecule has 1 saturated heterocycles. The van der Waals surface area contributed by atoms with Crippen LogP contribution in [0.1, 0.15) is 34.1 Å². The second-order valence-corrected chi connectivity index (χ2v) is 6.52. The SMILES string of the molecule is CN=C(NCCCOCC(F)(F)F)N1CC(C)(C)C1(C)C. The maximum atomic E-state index is 11.9. The largest absolute Gasteiger partial charge is 0.411 e. The quantitative estimate of drug-likeness (QED) is 0.482. The van der Waals surface area contributed by atoms with Crippen molar-refractivity contribution in [2.45, 2.75) is 45.8 Å². The summed E-state index contributed by atoms with van der Waals surface area (Å²) >= 11 is 0. The van der Waals surface area contributed by atoms with Crippen LogP contribution in [0.4, 0.5) is 13.2 Å². The summed E-state index contributed by atoms with van der Waals surface area (Å²) in [7, 11) is 1.71. The molecule has 0 saturated carbocycles. The van der Waals surface area contributed by atoms with Crippen LogP contribution in [0.3, 0.4) is 0 Å². The van der Waals surface area contributed by atoms with E-state index in [0.29, 0.717) is 13.0 Å². The number of hydrogen-bond acceptors (Lipinski definition) is 2. The van der Waals surface area contributed by atoms with Crippen LogP contribution in [0.15, 0.2) is 4.99 Å². The van der Waals surface area contributed by atoms with Gasteiger partial charge >= 0.3 is 6.18 Å². The lowest BCUT2D eigenvalue weighted by Gasteiger charge is -2.62. The van der Waals surface area contributed by atoms with Gasteiger partial charge in [-0.25, -0.2) is 0 Å². The Bertz CT molecular complexity index is 378. The first-order valence-electron chi connectivity index (χ1n) is 7.14. The van der Waals surface area contributed by atoms with Crippen LogP contribution in [0.2, 0.25) is 0 Å². The van der Waals surface area contributed by atoms with E-state index in [1.807, 2.05) is 0 Å². The fourth-order valence-electron chi connectivity index (χ4n) is 2.26. The third kappa shape index (κ3) is 4.49. The topological polar surface area (TPSA) is 36.9 Å². The van der Waals surface area contributed by atoms with Crippen molar-refractivity contribution < 1.29 is 17.9 Å². The van der Waals surface area contributed by atoms with Gasteiger partial charge < -0.3 is 15.0 Å². The zero-order chi connectivity index (χ0) is 16.3. The van der Waals surface area contributed by atoms with E-state index in [1.165, 1.54) is 0 Å².